The molecule has 3 aromatic carbocycles. The fourth-order valence-corrected chi connectivity index (χ4v) is 3.06. The number of nitrogens with zero attached hydrogens (tertiary/aromatic N) is 2. The highest BCUT2D eigenvalue weighted by atomic mass is 79.9. The standard InChI is InChI=1S/C24H24BrN3O4/c1-27(22-14-12-21(25)13-15-22)18-28(24(30)32-17-20-10-6-3-7-11-20)26-23(29)31-16-19-8-4-2-5-9-19/h2-15H,16-18H2,1H3,(H,26,29). The van der Waals surface area contributed by atoms with Crippen molar-refractivity contribution in [3.8, 4) is 0 Å². The van der Waals surface area contributed by atoms with E-state index in [0.717, 1.165) is 26.3 Å². The second-order valence-electron chi connectivity index (χ2n) is 6.96. The van der Waals surface area contributed by atoms with Crippen molar-refractivity contribution in [2.24, 2.45) is 0 Å². The number of hydrazine groups is 1. The van der Waals surface area contributed by atoms with Gasteiger partial charge in [-0.25, -0.2) is 15.0 Å². The van der Waals surface area contributed by atoms with Gasteiger partial charge in [0.15, 0.2) is 0 Å². The number of rotatable bonds is 7. The summed E-state index contributed by atoms with van der Waals surface area (Å²) in [6.07, 6.45) is -1.45. The van der Waals surface area contributed by atoms with E-state index in [4.69, 9.17) is 9.47 Å². The van der Waals surface area contributed by atoms with E-state index in [1.54, 1.807) is 11.9 Å². The van der Waals surface area contributed by atoms with Crippen molar-refractivity contribution in [2.45, 2.75) is 13.2 Å². The second kappa shape index (κ2) is 11.8. The average Bonchev–Trinajstić information content (AvgIpc) is 2.82. The van der Waals surface area contributed by atoms with Crippen LogP contribution in [0.15, 0.2) is 89.4 Å². The SMILES string of the molecule is CN(CN(NC(=O)OCc1ccccc1)C(=O)OCc1ccccc1)c1ccc(Br)cc1. The highest BCUT2D eigenvalue weighted by molar-refractivity contribution is 9.10. The Morgan fingerprint density at radius 3 is 1.91 bits per heavy atom. The molecule has 0 aliphatic heterocycles. The summed E-state index contributed by atoms with van der Waals surface area (Å²) < 4.78 is 11.6. The molecule has 0 unspecified atom stereocenters. The van der Waals surface area contributed by atoms with Crippen molar-refractivity contribution in [2.75, 3.05) is 18.6 Å². The van der Waals surface area contributed by atoms with Crippen LogP contribution in [0.25, 0.3) is 0 Å². The quantitative estimate of drug-likeness (QED) is 0.353. The Hall–Kier alpha value is -3.52. The van der Waals surface area contributed by atoms with Crippen LogP contribution in [0.1, 0.15) is 11.1 Å². The van der Waals surface area contributed by atoms with Gasteiger partial charge in [-0.3, -0.25) is 0 Å². The molecule has 166 valence electrons. The van der Waals surface area contributed by atoms with Crippen LogP contribution in [0, 0.1) is 0 Å². The lowest BCUT2D eigenvalue weighted by Crippen LogP contribution is -2.51. The summed E-state index contributed by atoms with van der Waals surface area (Å²) >= 11 is 3.40. The molecule has 0 bridgehead atoms. The molecule has 0 aliphatic rings. The monoisotopic (exact) mass is 497 g/mol. The van der Waals surface area contributed by atoms with Gasteiger partial charge in [0.2, 0.25) is 0 Å². The number of nitrogens with one attached hydrogen (secondary N) is 1. The van der Waals surface area contributed by atoms with Crippen LogP contribution in [0.2, 0.25) is 0 Å². The lowest BCUT2D eigenvalue weighted by molar-refractivity contribution is 0.0648. The summed E-state index contributed by atoms with van der Waals surface area (Å²) in [7, 11) is 1.80. The van der Waals surface area contributed by atoms with Gasteiger partial charge in [-0.05, 0) is 35.4 Å². The van der Waals surface area contributed by atoms with Gasteiger partial charge in [0.05, 0.1) is 0 Å². The van der Waals surface area contributed by atoms with E-state index in [1.807, 2.05) is 84.9 Å². The first-order valence-electron chi connectivity index (χ1n) is 9.93. The van der Waals surface area contributed by atoms with Gasteiger partial charge in [-0.15, -0.1) is 0 Å². The van der Waals surface area contributed by atoms with E-state index in [0.29, 0.717) is 0 Å². The summed E-state index contributed by atoms with van der Waals surface area (Å²) in [5.74, 6) is 0. The van der Waals surface area contributed by atoms with E-state index in [9.17, 15) is 9.59 Å². The molecule has 8 heteroatoms. The number of benzene rings is 3. The van der Waals surface area contributed by atoms with Gasteiger partial charge in [-0.1, -0.05) is 76.6 Å². The topological polar surface area (TPSA) is 71.1 Å². The minimum atomic E-state index is -0.755. The Kier molecular flexibility index (Phi) is 8.51. The molecule has 7 nitrogen and oxygen atoms in total. The molecule has 2 amide bonds. The molecule has 0 saturated heterocycles. The van der Waals surface area contributed by atoms with Crippen LogP contribution in [0.3, 0.4) is 0 Å². The molecular weight excluding hydrogens is 474 g/mol. The highest BCUT2D eigenvalue weighted by Crippen LogP contribution is 2.17. The lowest BCUT2D eigenvalue weighted by atomic mass is 10.2. The normalized spacial score (nSPS) is 10.2. The number of ether oxygens (including phenoxy) is 2. The summed E-state index contributed by atoms with van der Waals surface area (Å²) in [5, 5.41) is 1.08. The molecule has 1 N–H and O–H groups in total. The fraction of sp³-hybridized carbons (Fsp3) is 0.167. The maximum Gasteiger partial charge on any atom is 0.430 e. The number of anilines is 1. The van der Waals surface area contributed by atoms with E-state index < -0.39 is 12.2 Å². The molecule has 0 aliphatic carbocycles. The van der Waals surface area contributed by atoms with Gasteiger partial charge in [0.1, 0.15) is 19.9 Å². The Bertz CT molecular complexity index is 1000. The summed E-state index contributed by atoms with van der Waals surface area (Å²) in [5.41, 5.74) is 5.02. The second-order valence-corrected chi connectivity index (χ2v) is 7.87. The molecular formula is C24H24BrN3O4. The Morgan fingerprint density at radius 2 is 1.34 bits per heavy atom. The van der Waals surface area contributed by atoms with Crippen LogP contribution in [0.5, 0.6) is 0 Å². The molecule has 0 spiro atoms. The number of carbonyl (C=O) groups is 2. The fourth-order valence-electron chi connectivity index (χ4n) is 2.79. The molecule has 0 heterocycles. The minimum absolute atomic E-state index is 0.0513. The van der Waals surface area contributed by atoms with Crippen molar-refractivity contribution in [3.63, 3.8) is 0 Å². The Balaban J connectivity index is 1.63. The molecule has 0 atom stereocenters. The van der Waals surface area contributed by atoms with Crippen molar-refractivity contribution < 1.29 is 19.1 Å². The van der Waals surface area contributed by atoms with Gasteiger partial charge >= 0.3 is 12.2 Å². The van der Waals surface area contributed by atoms with Gasteiger partial charge in [-0.2, -0.15) is 5.01 Å². The zero-order chi connectivity index (χ0) is 22.8. The molecule has 0 fully saturated rings. The smallest absolute Gasteiger partial charge is 0.430 e. The van der Waals surface area contributed by atoms with Crippen molar-refractivity contribution in [1.82, 2.24) is 10.4 Å². The van der Waals surface area contributed by atoms with Gasteiger partial charge in [0.25, 0.3) is 0 Å². The first-order chi connectivity index (χ1) is 15.5. The Morgan fingerprint density at radius 1 is 0.812 bits per heavy atom. The molecule has 32 heavy (non-hydrogen) atoms. The summed E-state index contributed by atoms with van der Waals surface area (Å²) in [6.45, 7) is 0.219. The molecule has 0 radical (unpaired) electrons. The average molecular weight is 498 g/mol. The van der Waals surface area contributed by atoms with E-state index in [1.165, 1.54) is 0 Å². The maximum absolute atomic E-state index is 12.7. The van der Waals surface area contributed by atoms with E-state index in [2.05, 4.69) is 21.4 Å². The highest BCUT2D eigenvalue weighted by Gasteiger charge is 2.21. The predicted molar refractivity (Wildman–Crippen MR) is 126 cm³/mol. The zero-order valence-corrected chi connectivity index (χ0v) is 19.2. The van der Waals surface area contributed by atoms with E-state index in [-0.39, 0.29) is 19.9 Å². The first-order valence-corrected chi connectivity index (χ1v) is 10.7. The predicted octanol–water partition coefficient (Wildman–Crippen LogP) is 5.32. The lowest BCUT2D eigenvalue weighted by Gasteiger charge is -2.28. The number of amides is 2. The van der Waals surface area contributed by atoms with Crippen LogP contribution in [-0.4, -0.2) is 30.9 Å². The number of hydrogen-bond acceptors (Lipinski definition) is 5. The van der Waals surface area contributed by atoms with Crippen molar-refractivity contribution in [1.29, 1.82) is 0 Å². The third-order valence-corrected chi connectivity index (χ3v) is 5.01. The largest absolute Gasteiger partial charge is 0.443 e. The molecule has 0 saturated carbocycles. The van der Waals surface area contributed by atoms with Crippen LogP contribution >= 0.6 is 15.9 Å². The van der Waals surface area contributed by atoms with E-state index >= 15 is 0 Å². The van der Waals surface area contributed by atoms with Crippen molar-refractivity contribution in [3.05, 3.63) is 101 Å². The molecule has 3 rings (SSSR count). The minimum Gasteiger partial charge on any atom is -0.443 e. The van der Waals surface area contributed by atoms with Gasteiger partial charge < -0.3 is 14.4 Å². The van der Waals surface area contributed by atoms with Crippen LogP contribution in [-0.2, 0) is 22.7 Å². The first kappa shape index (κ1) is 23.1. The molecule has 3 aromatic rings. The third kappa shape index (κ3) is 7.31. The maximum atomic E-state index is 12.7. The number of hydrogen-bond donors (Lipinski definition) is 1. The zero-order valence-electron chi connectivity index (χ0n) is 17.6. The summed E-state index contributed by atoms with van der Waals surface area (Å²) in [4.78, 5) is 26.9. The number of carbonyl (C=O) groups excluding carboxylic acids is 2. The van der Waals surface area contributed by atoms with Crippen LogP contribution in [0.4, 0.5) is 15.3 Å². The van der Waals surface area contributed by atoms with Gasteiger partial charge in [0, 0.05) is 17.2 Å². The summed E-state index contributed by atoms with van der Waals surface area (Å²) in [6, 6.07) is 26.2. The third-order valence-electron chi connectivity index (χ3n) is 4.49. The Labute approximate surface area is 195 Å². The van der Waals surface area contributed by atoms with Crippen LogP contribution < -0.4 is 10.3 Å². The number of halogens is 1. The molecule has 0 aromatic heterocycles. The van der Waals surface area contributed by atoms with Crippen molar-refractivity contribution >= 4 is 33.8 Å².